The van der Waals surface area contributed by atoms with Gasteiger partial charge in [-0.25, -0.2) is 0 Å². The van der Waals surface area contributed by atoms with Gasteiger partial charge in [-0.2, -0.15) is 0 Å². The zero-order valence-corrected chi connectivity index (χ0v) is 32.2. The lowest BCUT2D eigenvalue weighted by Crippen LogP contribution is -2.32. The minimum Gasteiger partial charge on any atom is -0.455 e. The van der Waals surface area contributed by atoms with E-state index >= 15 is 0 Å². The van der Waals surface area contributed by atoms with Gasteiger partial charge in [0.1, 0.15) is 11.5 Å². The maximum atomic E-state index is 7.24. The summed E-state index contributed by atoms with van der Waals surface area (Å²) in [5.41, 5.74) is 14.7. The van der Waals surface area contributed by atoms with Crippen LogP contribution in [0.5, 0.6) is 11.5 Å². The van der Waals surface area contributed by atoms with E-state index in [-0.39, 0.29) is 0 Å². The van der Waals surface area contributed by atoms with Crippen LogP contribution in [0.4, 0.5) is 17.1 Å². The molecule has 0 fully saturated rings. The number of ether oxygens (including phenoxy) is 1. The highest BCUT2D eigenvalue weighted by atomic mass is 16.5. The Morgan fingerprint density at radius 1 is 0.322 bits per heavy atom. The van der Waals surface area contributed by atoms with E-state index in [1.54, 1.807) is 0 Å². The van der Waals surface area contributed by atoms with E-state index < -0.39 is 5.41 Å². The largest absolute Gasteiger partial charge is 0.455 e. The first-order valence-electron chi connectivity index (χ1n) is 20.3. The van der Waals surface area contributed by atoms with Gasteiger partial charge in [-0.3, -0.25) is 0 Å². The van der Waals surface area contributed by atoms with Crippen molar-refractivity contribution in [2.45, 2.75) is 5.41 Å². The third kappa shape index (κ3) is 5.00. The van der Waals surface area contributed by atoms with Gasteiger partial charge in [0.2, 0.25) is 0 Å². The van der Waals surface area contributed by atoms with E-state index in [2.05, 4.69) is 229 Å². The highest BCUT2D eigenvalue weighted by Gasteiger charge is 2.52. The predicted octanol–water partition coefficient (Wildman–Crippen LogP) is 15.3. The van der Waals surface area contributed by atoms with Crippen molar-refractivity contribution in [3.05, 3.63) is 247 Å². The zero-order valence-electron chi connectivity index (χ0n) is 32.2. The van der Waals surface area contributed by atoms with Gasteiger partial charge in [-0.05, 0) is 80.0 Å². The molecule has 0 aromatic heterocycles. The Bertz CT molecular complexity index is 3160. The Kier molecular flexibility index (Phi) is 7.48. The van der Waals surface area contributed by atoms with Crippen LogP contribution >= 0.6 is 0 Å². The van der Waals surface area contributed by atoms with E-state index in [4.69, 9.17) is 4.74 Å². The number of nitrogens with zero attached hydrogens (tertiary/aromatic N) is 1. The van der Waals surface area contributed by atoms with Crippen LogP contribution in [0.2, 0.25) is 0 Å². The molecule has 0 N–H and O–H groups in total. The second kappa shape index (κ2) is 13.2. The van der Waals surface area contributed by atoms with Crippen LogP contribution in [0.25, 0.3) is 54.9 Å². The van der Waals surface area contributed by atoms with Gasteiger partial charge < -0.3 is 9.64 Å². The van der Waals surface area contributed by atoms with Crippen LogP contribution in [0.1, 0.15) is 22.3 Å². The highest BCUT2D eigenvalue weighted by molar-refractivity contribution is 6.00. The summed E-state index contributed by atoms with van der Waals surface area (Å²) in [6.07, 6.45) is 0. The molecule has 10 aromatic carbocycles. The van der Waals surface area contributed by atoms with Crippen molar-refractivity contribution in [3.63, 3.8) is 0 Å². The fraction of sp³-hybridized carbons (Fsp3) is 0.0175. The summed E-state index contributed by atoms with van der Waals surface area (Å²) in [4.78, 5) is 2.44. The van der Waals surface area contributed by atoms with Gasteiger partial charge in [0, 0.05) is 38.8 Å². The quantitative estimate of drug-likeness (QED) is 0.174. The maximum Gasteiger partial charge on any atom is 0.140 e. The average Bonchev–Trinajstić information content (AvgIpc) is 3.60. The van der Waals surface area contributed by atoms with Crippen LogP contribution < -0.4 is 9.64 Å². The second-order valence-electron chi connectivity index (χ2n) is 15.6. The van der Waals surface area contributed by atoms with Crippen molar-refractivity contribution in [2.75, 3.05) is 4.90 Å². The Morgan fingerprint density at radius 2 is 0.831 bits per heavy atom. The normalized spacial score (nSPS) is 13.0. The maximum absolute atomic E-state index is 7.24. The molecule has 2 aliphatic rings. The van der Waals surface area contributed by atoms with Crippen molar-refractivity contribution in [1.82, 2.24) is 0 Å². The van der Waals surface area contributed by atoms with Crippen molar-refractivity contribution >= 4 is 38.6 Å². The van der Waals surface area contributed by atoms with Gasteiger partial charge in [0.25, 0.3) is 0 Å². The van der Waals surface area contributed by atoms with E-state index in [1.807, 2.05) is 0 Å². The van der Waals surface area contributed by atoms with Crippen LogP contribution in [-0.2, 0) is 5.41 Å². The Hall–Kier alpha value is -7.68. The van der Waals surface area contributed by atoms with Gasteiger partial charge in [-0.15, -0.1) is 0 Å². The summed E-state index contributed by atoms with van der Waals surface area (Å²) in [6, 6.07) is 81.7. The minimum absolute atomic E-state index is 0.652. The molecular weight excluding hydrogens is 715 g/mol. The molecule has 276 valence electrons. The molecule has 1 aliphatic heterocycles. The Morgan fingerprint density at radius 3 is 1.51 bits per heavy atom. The first-order valence-corrected chi connectivity index (χ1v) is 20.3. The van der Waals surface area contributed by atoms with Crippen LogP contribution in [0, 0.1) is 0 Å². The SMILES string of the molecule is c1ccc(-c2ccc(N(c3ccc4c(c3)C3(c5ccccc5-4)c4ccc5ccccc5c4Oc4c3ccc3ccccc43)c3ccccc3-c3ccccc3)cc2)cc1. The predicted molar refractivity (Wildman–Crippen MR) is 244 cm³/mol. The van der Waals surface area contributed by atoms with Gasteiger partial charge in [0.15, 0.2) is 0 Å². The fourth-order valence-corrected chi connectivity index (χ4v) is 9.92. The summed E-state index contributed by atoms with van der Waals surface area (Å²) in [5, 5.41) is 4.55. The minimum atomic E-state index is -0.652. The number of rotatable bonds is 5. The van der Waals surface area contributed by atoms with Crippen molar-refractivity contribution < 1.29 is 4.74 Å². The number of hydrogen-bond donors (Lipinski definition) is 0. The molecule has 0 atom stereocenters. The summed E-state index contributed by atoms with van der Waals surface area (Å²) in [7, 11) is 0. The molecule has 59 heavy (non-hydrogen) atoms. The van der Waals surface area contributed by atoms with Crippen molar-refractivity contribution in [1.29, 1.82) is 0 Å². The van der Waals surface area contributed by atoms with Gasteiger partial charge in [-0.1, -0.05) is 194 Å². The first-order chi connectivity index (χ1) is 29.3. The molecule has 0 saturated heterocycles. The Labute approximate surface area is 343 Å². The Balaban J connectivity index is 1.16. The van der Waals surface area contributed by atoms with Gasteiger partial charge in [0.05, 0.1) is 11.1 Å². The number of anilines is 3. The molecule has 2 heteroatoms. The average molecular weight is 752 g/mol. The number of fused-ring (bicyclic) bond motifs is 13. The third-order valence-electron chi connectivity index (χ3n) is 12.5. The molecule has 0 radical (unpaired) electrons. The second-order valence-corrected chi connectivity index (χ2v) is 15.6. The fourth-order valence-electron chi connectivity index (χ4n) is 9.92. The standard InChI is InChI=1S/C57H37NO/c1-3-15-38(16-4-1)39-27-31-43(32-28-39)58(54-26-14-12-21-45(54)40-17-5-2-6-18-40)44-33-34-49-48-24-11-13-25-50(48)57(53(49)37-44)51-35-29-41-19-7-9-22-46(41)55(51)59-56-47-23-10-8-20-42(47)30-36-52(56)57/h1-37H. The third-order valence-corrected chi connectivity index (χ3v) is 12.5. The number of para-hydroxylation sites is 1. The zero-order chi connectivity index (χ0) is 38.9. The number of benzene rings is 10. The molecular formula is C57H37NO. The lowest BCUT2D eigenvalue weighted by molar-refractivity contribution is 0.447. The molecule has 0 amide bonds. The molecule has 1 spiro atoms. The van der Waals surface area contributed by atoms with Crippen LogP contribution in [0.3, 0.4) is 0 Å². The first kappa shape index (κ1) is 33.5. The van der Waals surface area contributed by atoms with E-state index in [1.165, 1.54) is 44.5 Å². The molecule has 12 rings (SSSR count). The lowest BCUT2D eigenvalue weighted by Gasteiger charge is -2.40. The lowest BCUT2D eigenvalue weighted by atomic mass is 9.65. The summed E-state index contributed by atoms with van der Waals surface area (Å²) >= 11 is 0. The monoisotopic (exact) mass is 751 g/mol. The van der Waals surface area contributed by atoms with Crippen molar-refractivity contribution in [2.24, 2.45) is 0 Å². The summed E-state index contributed by atoms with van der Waals surface area (Å²) in [6.45, 7) is 0. The molecule has 0 unspecified atom stereocenters. The molecule has 2 nitrogen and oxygen atoms in total. The number of hydrogen-bond acceptors (Lipinski definition) is 2. The van der Waals surface area contributed by atoms with Crippen LogP contribution in [-0.4, -0.2) is 0 Å². The molecule has 1 aliphatic carbocycles. The molecule has 0 saturated carbocycles. The summed E-state index contributed by atoms with van der Waals surface area (Å²) < 4.78 is 7.24. The van der Waals surface area contributed by atoms with E-state index in [0.717, 1.165) is 61.2 Å². The molecule has 0 bridgehead atoms. The summed E-state index contributed by atoms with van der Waals surface area (Å²) in [5.74, 6) is 1.84. The van der Waals surface area contributed by atoms with Crippen LogP contribution in [0.15, 0.2) is 224 Å². The van der Waals surface area contributed by atoms with Crippen molar-refractivity contribution in [3.8, 4) is 44.9 Å². The van der Waals surface area contributed by atoms with E-state index in [0.29, 0.717) is 0 Å². The highest BCUT2D eigenvalue weighted by Crippen LogP contribution is 2.64. The van der Waals surface area contributed by atoms with Gasteiger partial charge >= 0.3 is 0 Å². The molecule has 10 aromatic rings. The smallest absolute Gasteiger partial charge is 0.140 e. The topological polar surface area (TPSA) is 12.5 Å². The molecule has 1 heterocycles. The van der Waals surface area contributed by atoms with E-state index in [9.17, 15) is 0 Å².